The molecule has 0 radical (unpaired) electrons. The molecule has 1 aromatic carbocycles. The smallest absolute Gasteiger partial charge is 0.222 e. The lowest BCUT2D eigenvalue weighted by molar-refractivity contribution is -0.136. The number of rotatable bonds is 3. The zero-order valence-corrected chi connectivity index (χ0v) is 13.5. The molecule has 22 heavy (non-hydrogen) atoms. The summed E-state index contributed by atoms with van der Waals surface area (Å²) in [6.45, 7) is 5.64. The Labute approximate surface area is 131 Å². The van der Waals surface area contributed by atoms with Gasteiger partial charge in [-0.3, -0.25) is 9.48 Å². The summed E-state index contributed by atoms with van der Waals surface area (Å²) in [4.78, 5) is 14.3. The highest BCUT2D eigenvalue weighted by molar-refractivity contribution is 5.77. The molecule has 0 N–H and O–H groups in total. The number of nitrogens with zero attached hydrogens (tertiary/aromatic N) is 3. The third-order valence-corrected chi connectivity index (χ3v) is 4.71. The van der Waals surface area contributed by atoms with Gasteiger partial charge in [0.1, 0.15) is 0 Å². The van der Waals surface area contributed by atoms with E-state index in [2.05, 4.69) is 42.4 Å². The Kier molecular flexibility index (Phi) is 3.77. The normalized spacial score (nSPS) is 22.1. The highest BCUT2D eigenvalue weighted by Gasteiger charge is 2.36. The molecule has 1 atom stereocenters. The zero-order chi connectivity index (χ0) is 15.7. The van der Waals surface area contributed by atoms with E-state index in [-0.39, 0.29) is 11.3 Å². The molecule has 1 aliphatic rings. The molecule has 0 aliphatic carbocycles. The van der Waals surface area contributed by atoms with Gasteiger partial charge in [-0.05, 0) is 25.0 Å². The predicted molar refractivity (Wildman–Crippen MR) is 86.4 cm³/mol. The van der Waals surface area contributed by atoms with Crippen LogP contribution in [0.5, 0.6) is 0 Å². The largest absolute Gasteiger partial charge is 0.336 e. The molecule has 2 aromatic rings. The Hall–Kier alpha value is -2.10. The number of likely N-dealkylation sites (tertiary alicyclic amines) is 1. The summed E-state index contributed by atoms with van der Waals surface area (Å²) >= 11 is 0. The first kappa shape index (κ1) is 14.8. The first-order chi connectivity index (χ1) is 10.5. The standard InChI is InChI=1S/C18H23N3O/c1-14-11-16(20(3)19-14)12-21-13-18(2,10-9-17(21)22)15-7-5-4-6-8-15/h4-8,11H,9-10,12-13H2,1-3H3/t18-/m0/s1. The van der Waals surface area contributed by atoms with E-state index in [9.17, 15) is 4.79 Å². The number of aromatic nitrogens is 2. The van der Waals surface area contributed by atoms with Gasteiger partial charge in [-0.25, -0.2) is 0 Å². The average molecular weight is 297 g/mol. The maximum atomic E-state index is 12.3. The second-order valence-electron chi connectivity index (χ2n) is 6.58. The van der Waals surface area contributed by atoms with Crippen LogP contribution >= 0.6 is 0 Å². The van der Waals surface area contributed by atoms with Gasteiger partial charge in [0.25, 0.3) is 0 Å². The van der Waals surface area contributed by atoms with Crippen molar-refractivity contribution in [2.24, 2.45) is 7.05 Å². The van der Waals surface area contributed by atoms with Crippen molar-refractivity contribution in [1.82, 2.24) is 14.7 Å². The monoisotopic (exact) mass is 297 g/mol. The molecule has 0 unspecified atom stereocenters. The van der Waals surface area contributed by atoms with Crippen LogP contribution in [-0.2, 0) is 23.8 Å². The van der Waals surface area contributed by atoms with Gasteiger partial charge < -0.3 is 4.90 Å². The molecule has 116 valence electrons. The van der Waals surface area contributed by atoms with Crippen molar-refractivity contribution in [2.45, 2.75) is 38.6 Å². The fraction of sp³-hybridized carbons (Fsp3) is 0.444. The molecule has 4 heteroatoms. The van der Waals surface area contributed by atoms with Crippen LogP contribution in [0.3, 0.4) is 0 Å². The van der Waals surface area contributed by atoms with E-state index in [1.54, 1.807) is 0 Å². The fourth-order valence-corrected chi connectivity index (χ4v) is 3.36. The molecule has 4 nitrogen and oxygen atoms in total. The lowest BCUT2D eigenvalue weighted by Gasteiger charge is -2.40. The summed E-state index contributed by atoms with van der Waals surface area (Å²) in [5, 5.41) is 4.37. The SMILES string of the molecule is Cc1cc(CN2C[C@@](C)(c3ccccc3)CCC2=O)n(C)n1. The van der Waals surface area contributed by atoms with E-state index in [0.29, 0.717) is 13.0 Å². The number of benzene rings is 1. The Bertz CT molecular complexity index is 677. The molecule has 1 aliphatic heterocycles. The first-order valence-electron chi connectivity index (χ1n) is 7.81. The van der Waals surface area contributed by atoms with Crippen molar-refractivity contribution < 1.29 is 4.79 Å². The zero-order valence-electron chi connectivity index (χ0n) is 13.5. The lowest BCUT2D eigenvalue weighted by atomic mass is 9.75. The maximum absolute atomic E-state index is 12.3. The molecule has 3 rings (SSSR count). The highest BCUT2D eigenvalue weighted by atomic mass is 16.2. The summed E-state index contributed by atoms with van der Waals surface area (Å²) in [7, 11) is 1.94. The third-order valence-electron chi connectivity index (χ3n) is 4.71. The molecule has 1 aromatic heterocycles. The molecule has 2 heterocycles. The van der Waals surface area contributed by atoms with Crippen LogP contribution in [0.4, 0.5) is 0 Å². The summed E-state index contributed by atoms with van der Waals surface area (Å²) in [6.07, 6.45) is 1.53. The van der Waals surface area contributed by atoms with E-state index in [4.69, 9.17) is 0 Å². The van der Waals surface area contributed by atoms with Crippen LogP contribution in [0.1, 0.15) is 36.7 Å². The van der Waals surface area contributed by atoms with Gasteiger partial charge in [-0.15, -0.1) is 0 Å². The minimum absolute atomic E-state index is 0.0306. The van der Waals surface area contributed by atoms with Gasteiger partial charge in [0.05, 0.1) is 17.9 Å². The molecular weight excluding hydrogens is 274 g/mol. The van der Waals surface area contributed by atoms with Crippen LogP contribution in [0.15, 0.2) is 36.4 Å². The number of carbonyl (C=O) groups is 1. The summed E-state index contributed by atoms with van der Waals surface area (Å²) < 4.78 is 1.87. The molecule has 0 spiro atoms. The molecule has 0 saturated carbocycles. The Morgan fingerprint density at radius 2 is 2.00 bits per heavy atom. The third kappa shape index (κ3) is 2.78. The second kappa shape index (κ2) is 5.59. The van der Waals surface area contributed by atoms with Gasteiger partial charge in [-0.1, -0.05) is 37.3 Å². The van der Waals surface area contributed by atoms with E-state index >= 15 is 0 Å². The minimum Gasteiger partial charge on any atom is -0.336 e. The summed E-state index contributed by atoms with van der Waals surface area (Å²) in [6, 6.07) is 12.6. The number of hydrogen-bond donors (Lipinski definition) is 0. The van der Waals surface area contributed by atoms with Crippen molar-refractivity contribution in [1.29, 1.82) is 0 Å². The van der Waals surface area contributed by atoms with E-state index in [1.165, 1.54) is 5.56 Å². The van der Waals surface area contributed by atoms with Gasteiger partial charge in [-0.2, -0.15) is 5.10 Å². The van der Waals surface area contributed by atoms with Crippen molar-refractivity contribution in [2.75, 3.05) is 6.54 Å². The van der Waals surface area contributed by atoms with Crippen LogP contribution in [0.2, 0.25) is 0 Å². The first-order valence-corrected chi connectivity index (χ1v) is 7.81. The maximum Gasteiger partial charge on any atom is 0.222 e. The average Bonchev–Trinajstić information content (AvgIpc) is 2.82. The highest BCUT2D eigenvalue weighted by Crippen LogP contribution is 2.34. The van der Waals surface area contributed by atoms with E-state index in [1.807, 2.05) is 29.6 Å². The number of hydrogen-bond acceptors (Lipinski definition) is 2. The number of carbonyl (C=O) groups excluding carboxylic acids is 1. The van der Waals surface area contributed by atoms with Gasteiger partial charge in [0, 0.05) is 25.4 Å². The van der Waals surface area contributed by atoms with Crippen LogP contribution in [0, 0.1) is 6.92 Å². The summed E-state index contributed by atoms with van der Waals surface area (Å²) in [5.41, 5.74) is 3.42. The number of amides is 1. The number of aryl methyl sites for hydroxylation is 2. The van der Waals surface area contributed by atoms with Crippen molar-refractivity contribution in [3.63, 3.8) is 0 Å². The second-order valence-corrected chi connectivity index (χ2v) is 6.58. The quantitative estimate of drug-likeness (QED) is 0.873. The summed E-state index contributed by atoms with van der Waals surface area (Å²) in [5.74, 6) is 0.243. The molecule has 1 saturated heterocycles. The molecule has 0 bridgehead atoms. The van der Waals surface area contributed by atoms with Crippen LogP contribution < -0.4 is 0 Å². The lowest BCUT2D eigenvalue weighted by Crippen LogP contribution is -2.47. The minimum atomic E-state index is 0.0306. The number of piperidine rings is 1. The Morgan fingerprint density at radius 3 is 2.64 bits per heavy atom. The van der Waals surface area contributed by atoms with E-state index < -0.39 is 0 Å². The topological polar surface area (TPSA) is 38.1 Å². The van der Waals surface area contributed by atoms with Crippen molar-refractivity contribution in [3.05, 3.63) is 53.3 Å². The molecule has 1 fully saturated rings. The Balaban J connectivity index is 1.82. The van der Waals surface area contributed by atoms with Crippen LogP contribution in [-0.4, -0.2) is 27.1 Å². The van der Waals surface area contributed by atoms with Gasteiger partial charge in [0.2, 0.25) is 5.91 Å². The Morgan fingerprint density at radius 1 is 1.27 bits per heavy atom. The van der Waals surface area contributed by atoms with Crippen LogP contribution in [0.25, 0.3) is 0 Å². The fourth-order valence-electron chi connectivity index (χ4n) is 3.36. The van der Waals surface area contributed by atoms with Gasteiger partial charge in [0.15, 0.2) is 0 Å². The van der Waals surface area contributed by atoms with Crippen molar-refractivity contribution >= 4 is 5.91 Å². The van der Waals surface area contributed by atoms with Gasteiger partial charge >= 0.3 is 0 Å². The molecule has 1 amide bonds. The van der Waals surface area contributed by atoms with E-state index in [0.717, 1.165) is 24.4 Å². The predicted octanol–water partition coefficient (Wildman–Crippen LogP) is 2.81. The molecular formula is C18H23N3O. The van der Waals surface area contributed by atoms with Crippen molar-refractivity contribution in [3.8, 4) is 0 Å².